The Morgan fingerprint density at radius 3 is 2.62 bits per heavy atom. The third kappa shape index (κ3) is 3.77. The van der Waals surface area contributed by atoms with Crippen molar-refractivity contribution >= 4 is 39.2 Å². The van der Waals surface area contributed by atoms with Gasteiger partial charge in [-0.25, -0.2) is 4.79 Å². The lowest BCUT2D eigenvalue weighted by molar-refractivity contribution is -0.141. The van der Waals surface area contributed by atoms with E-state index in [2.05, 4.69) is 21.2 Å². The third-order valence-corrected chi connectivity index (χ3v) is 4.08. The molecule has 1 unspecified atom stereocenters. The normalized spacial score (nSPS) is 11.8. The molecule has 5 heteroatoms. The SMILES string of the molecule is COC(=O)C(Nc1ccccc1Br)c1ccc(Cl)cc1C. The average Bonchev–Trinajstić information content (AvgIpc) is 2.46. The Morgan fingerprint density at radius 1 is 1.29 bits per heavy atom. The molecule has 21 heavy (non-hydrogen) atoms. The van der Waals surface area contributed by atoms with Crippen LogP contribution in [0.4, 0.5) is 5.69 Å². The summed E-state index contributed by atoms with van der Waals surface area (Å²) in [5, 5.41) is 3.85. The molecule has 1 atom stereocenters. The van der Waals surface area contributed by atoms with Gasteiger partial charge in [0, 0.05) is 15.2 Å². The van der Waals surface area contributed by atoms with Crippen LogP contribution in [0.15, 0.2) is 46.9 Å². The molecule has 0 bridgehead atoms. The van der Waals surface area contributed by atoms with Crippen molar-refractivity contribution in [2.75, 3.05) is 12.4 Å². The molecular weight excluding hydrogens is 354 g/mol. The van der Waals surface area contributed by atoms with Crippen molar-refractivity contribution < 1.29 is 9.53 Å². The zero-order chi connectivity index (χ0) is 15.4. The highest BCUT2D eigenvalue weighted by Crippen LogP contribution is 2.29. The van der Waals surface area contributed by atoms with Gasteiger partial charge in [0.05, 0.1) is 7.11 Å². The Balaban J connectivity index is 2.40. The van der Waals surface area contributed by atoms with Gasteiger partial charge in [0.1, 0.15) is 0 Å². The van der Waals surface area contributed by atoms with Gasteiger partial charge in [-0.05, 0) is 58.2 Å². The molecule has 1 N–H and O–H groups in total. The zero-order valence-electron chi connectivity index (χ0n) is 11.7. The maximum Gasteiger partial charge on any atom is 0.332 e. The molecule has 0 aliphatic rings. The van der Waals surface area contributed by atoms with E-state index in [9.17, 15) is 4.79 Å². The van der Waals surface area contributed by atoms with E-state index in [1.807, 2.05) is 43.3 Å². The van der Waals surface area contributed by atoms with Crippen molar-refractivity contribution in [3.8, 4) is 0 Å². The lowest BCUT2D eigenvalue weighted by atomic mass is 10.0. The Kier molecular flexibility index (Phi) is 5.26. The second kappa shape index (κ2) is 6.96. The van der Waals surface area contributed by atoms with E-state index >= 15 is 0 Å². The minimum Gasteiger partial charge on any atom is -0.467 e. The summed E-state index contributed by atoms with van der Waals surface area (Å²) < 4.78 is 5.79. The fraction of sp³-hybridized carbons (Fsp3) is 0.188. The number of esters is 1. The second-order valence-corrected chi connectivity index (χ2v) is 5.87. The van der Waals surface area contributed by atoms with Gasteiger partial charge >= 0.3 is 5.97 Å². The van der Waals surface area contributed by atoms with Crippen molar-refractivity contribution in [1.29, 1.82) is 0 Å². The molecule has 0 aliphatic carbocycles. The Hall–Kier alpha value is -1.52. The van der Waals surface area contributed by atoms with E-state index in [0.29, 0.717) is 5.02 Å². The smallest absolute Gasteiger partial charge is 0.332 e. The molecule has 2 rings (SSSR count). The molecule has 0 saturated carbocycles. The van der Waals surface area contributed by atoms with Crippen LogP contribution in [0.25, 0.3) is 0 Å². The van der Waals surface area contributed by atoms with Gasteiger partial charge in [-0.2, -0.15) is 0 Å². The Morgan fingerprint density at radius 2 is 2.00 bits per heavy atom. The Bertz CT molecular complexity index is 660. The quantitative estimate of drug-likeness (QED) is 0.792. The number of carbonyl (C=O) groups excluding carboxylic acids is 1. The molecule has 3 nitrogen and oxygen atoms in total. The van der Waals surface area contributed by atoms with E-state index in [4.69, 9.17) is 16.3 Å². The van der Waals surface area contributed by atoms with Gasteiger partial charge in [-0.3, -0.25) is 0 Å². The molecule has 0 radical (unpaired) electrons. The van der Waals surface area contributed by atoms with Crippen LogP contribution in [0.1, 0.15) is 17.2 Å². The lowest BCUT2D eigenvalue weighted by Crippen LogP contribution is -2.23. The van der Waals surface area contributed by atoms with E-state index in [0.717, 1.165) is 21.3 Å². The highest BCUT2D eigenvalue weighted by molar-refractivity contribution is 9.10. The summed E-state index contributed by atoms with van der Waals surface area (Å²) in [5.74, 6) is -0.351. The first-order chi connectivity index (χ1) is 10.0. The molecule has 2 aromatic rings. The summed E-state index contributed by atoms with van der Waals surface area (Å²) in [4.78, 5) is 12.1. The summed E-state index contributed by atoms with van der Waals surface area (Å²) >= 11 is 9.44. The number of rotatable bonds is 4. The number of methoxy groups -OCH3 is 1. The summed E-state index contributed by atoms with van der Waals surface area (Å²) in [6.07, 6.45) is 0. The average molecular weight is 369 g/mol. The first-order valence-electron chi connectivity index (χ1n) is 6.38. The van der Waals surface area contributed by atoms with Gasteiger partial charge in [-0.15, -0.1) is 0 Å². The molecule has 0 spiro atoms. The summed E-state index contributed by atoms with van der Waals surface area (Å²) in [7, 11) is 1.38. The van der Waals surface area contributed by atoms with Crippen LogP contribution in [0, 0.1) is 6.92 Å². The van der Waals surface area contributed by atoms with Crippen molar-refractivity contribution in [2.45, 2.75) is 13.0 Å². The standard InChI is InChI=1S/C16H15BrClNO2/c1-10-9-11(18)7-8-12(10)15(16(20)21-2)19-14-6-4-3-5-13(14)17/h3-9,15,19H,1-2H3. The maximum absolute atomic E-state index is 12.1. The molecule has 0 heterocycles. The first-order valence-corrected chi connectivity index (χ1v) is 7.55. The molecule has 110 valence electrons. The predicted octanol–water partition coefficient (Wildman–Crippen LogP) is 4.74. The number of nitrogens with one attached hydrogen (secondary N) is 1. The zero-order valence-corrected chi connectivity index (χ0v) is 14.0. The van der Waals surface area contributed by atoms with Gasteiger partial charge in [0.15, 0.2) is 6.04 Å². The first kappa shape index (κ1) is 15.9. The van der Waals surface area contributed by atoms with Crippen LogP contribution in [0.2, 0.25) is 5.02 Å². The molecule has 0 saturated heterocycles. The van der Waals surface area contributed by atoms with Crippen LogP contribution in [0.5, 0.6) is 0 Å². The largest absolute Gasteiger partial charge is 0.467 e. The summed E-state index contributed by atoms with van der Waals surface area (Å²) in [5.41, 5.74) is 2.58. The lowest BCUT2D eigenvalue weighted by Gasteiger charge is -2.20. The number of aryl methyl sites for hydroxylation is 1. The van der Waals surface area contributed by atoms with Crippen LogP contribution >= 0.6 is 27.5 Å². The topological polar surface area (TPSA) is 38.3 Å². The van der Waals surface area contributed by atoms with E-state index in [-0.39, 0.29) is 5.97 Å². The van der Waals surface area contributed by atoms with Crippen LogP contribution in [0.3, 0.4) is 0 Å². The number of para-hydroxylation sites is 1. The number of anilines is 1. The minimum absolute atomic E-state index is 0.351. The van der Waals surface area contributed by atoms with E-state index in [1.165, 1.54) is 7.11 Å². The number of benzene rings is 2. The van der Waals surface area contributed by atoms with Gasteiger partial charge in [-0.1, -0.05) is 29.8 Å². The predicted molar refractivity (Wildman–Crippen MR) is 88.7 cm³/mol. The fourth-order valence-electron chi connectivity index (χ4n) is 2.08. The maximum atomic E-state index is 12.1. The molecule has 0 aromatic heterocycles. The van der Waals surface area contributed by atoms with Crippen molar-refractivity contribution in [3.63, 3.8) is 0 Å². The van der Waals surface area contributed by atoms with Crippen molar-refractivity contribution in [2.24, 2.45) is 0 Å². The highest BCUT2D eigenvalue weighted by atomic mass is 79.9. The number of hydrogen-bond acceptors (Lipinski definition) is 3. The molecule has 0 fully saturated rings. The van der Waals surface area contributed by atoms with Crippen LogP contribution in [-0.2, 0) is 9.53 Å². The van der Waals surface area contributed by atoms with E-state index < -0.39 is 6.04 Å². The molecule has 2 aromatic carbocycles. The molecule has 0 aliphatic heterocycles. The molecule has 0 amide bonds. The number of ether oxygens (including phenoxy) is 1. The van der Waals surface area contributed by atoms with Gasteiger partial charge in [0.2, 0.25) is 0 Å². The Labute approximate surface area is 137 Å². The second-order valence-electron chi connectivity index (χ2n) is 4.58. The third-order valence-electron chi connectivity index (χ3n) is 3.15. The number of carbonyl (C=O) groups is 1. The minimum atomic E-state index is -0.592. The monoisotopic (exact) mass is 367 g/mol. The fourth-order valence-corrected chi connectivity index (χ4v) is 2.70. The number of halogens is 2. The summed E-state index contributed by atoms with van der Waals surface area (Å²) in [6, 6.07) is 12.5. The number of hydrogen-bond donors (Lipinski definition) is 1. The van der Waals surface area contributed by atoms with Crippen molar-refractivity contribution in [3.05, 3.63) is 63.1 Å². The van der Waals surface area contributed by atoms with Crippen LogP contribution in [-0.4, -0.2) is 13.1 Å². The van der Waals surface area contributed by atoms with E-state index in [1.54, 1.807) is 6.07 Å². The van der Waals surface area contributed by atoms with Crippen LogP contribution < -0.4 is 5.32 Å². The van der Waals surface area contributed by atoms with Gasteiger partial charge < -0.3 is 10.1 Å². The van der Waals surface area contributed by atoms with Crippen molar-refractivity contribution in [1.82, 2.24) is 0 Å². The highest BCUT2D eigenvalue weighted by Gasteiger charge is 2.23. The summed E-state index contributed by atoms with van der Waals surface area (Å²) in [6.45, 7) is 1.92. The molecular formula is C16H15BrClNO2. The van der Waals surface area contributed by atoms with Gasteiger partial charge in [0.25, 0.3) is 0 Å².